The molecule has 110 valence electrons. The van der Waals surface area contributed by atoms with Crippen molar-refractivity contribution in [3.63, 3.8) is 0 Å². The summed E-state index contributed by atoms with van der Waals surface area (Å²) in [4.78, 5) is 19.9. The van der Waals surface area contributed by atoms with Crippen LogP contribution in [-0.2, 0) is 0 Å². The number of benzene rings is 1. The average molecular weight is 347 g/mol. The Morgan fingerprint density at radius 2 is 2.14 bits per heavy atom. The van der Waals surface area contributed by atoms with Crippen LogP contribution in [0.5, 0.6) is 0 Å². The summed E-state index contributed by atoms with van der Waals surface area (Å²) < 4.78 is 0. The summed E-state index contributed by atoms with van der Waals surface area (Å²) in [6.45, 7) is 5.75. The summed E-state index contributed by atoms with van der Waals surface area (Å²) >= 11 is 3.69. The van der Waals surface area contributed by atoms with Crippen molar-refractivity contribution in [2.75, 3.05) is 13.1 Å². The number of pyridine rings is 1. The Kier molecular flexibility index (Phi) is 3.98. The summed E-state index contributed by atoms with van der Waals surface area (Å²) in [7, 11) is 0. The molecule has 0 saturated carbocycles. The first kappa shape index (κ1) is 14.5. The van der Waals surface area contributed by atoms with Crippen molar-refractivity contribution >= 4 is 32.7 Å². The molecule has 2 aromatic rings. The average Bonchev–Trinajstić information content (AvgIpc) is 2.48. The molecule has 3 nitrogen and oxygen atoms in total. The maximum atomic E-state index is 12.9. The van der Waals surface area contributed by atoms with Gasteiger partial charge in [0.05, 0.1) is 11.1 Å². The van der Waals surface area contributed by atoms with Crippen LogP contribution in [0.4, 0.5) is 0 Å². The Bertz CT molecular complexity index is 686. The summed E-state index contributed by atoms with van der Waals surface area (Å²) in [6.07, 6.45) is 1.01. The van der Waals surface area contributed by atoms with Gasteiger partial charge in [-0.3, -0.25) is 9.78 Å². The largest absolute Gasteiger partial charge is 0.338 e. The topological polar surface area (TPSA) is 33.2 Å². The van der Waals surface area contributed by atoms with E-state index in [1.54, 1.807) is 0 Å². The lowest BCUT2D eigenvalue weighted by molar-refractivity contribution is 0.0692. The fourth-order valence-electron chi connectivity index (χ4n) is 2.96. The van der Waals surface area contributed by atoms with Crippen molar-refractivity contribution in [1.29, 1.82) is 0 Å². The lowest BCUT2D eigenvalue weighted by atomic mass is 9.98. The summed E-state index contributed by atoms with van der Waals surface area (Å²) in [6, 6.07) is 9.78. The first-order chi connectivity index (χ1) is 10.1. The lowest BCUT2D eigenvalue weighted by Crippen LogP contribution is -2.43. The molecule has 0 bridgehead atoms. The number of piperidine rings is 1. The van der Waals surface area contributed by atoms with Gasteiger partial charge in [-0.2, -0.15) is 0 Å². The fourth-order valence-corrected chi connectivity index (χ4v) is 3.33. The molecular weight excluding hydrogens is 328 g/mol. The highest BCUT2D eigenvalue weighted by Gasteiger charge is 2.28. The normalized spacial score (nSPS) is 22.5. The molecule has 4 heteroatoms. The highest BCUT2D eigenvalue weighted by Crippen LogP contribution is 2.26. The fraction of sp³-hybridized carbons (Fsp3) is 0.412. The molecule has 0 N–H and O–H groups in total. The van der Waals surface area contributed by atoms with Crippen molar-refractivity contribution in [3.8, 4) is 0 Å². The maximum Gasteiger partial charge on any atom is 0.254 e. The van der Waals surface area contributed by atoms with Crippen molar-refractivity contribution in [1.82, 2.24) is 9.88 Å². The zero-order valence-electron chi connectivity index (χ0n) is 12.3. The first-order valence-corrected chi connectivity index (χ1v) is 8.27. The number of carbonyl (C=O) groups is 1. The van der Waals surface area contributed by atoms with Crippen LogP contribution in [0.15, 0.2) is 30.3 Å². The molecule has 1 aromatic heterocycles. The van der Waals surface area contributed by atoms with Gasteiger partial charge in [0.15, 0.2) is 0 Å². The van der Waals surface area contributed by atoms with E-state index in [0.717, 1.165) is 41.7 Å². The quantitative estimate of drug-likeness (QED) is 0.736. The highest BCUT2D eigenvalue weighted by molar-refractivity contribution is 9.09. The number of likely N-dealkylation sites (tertiary alicyclic amines) is 1. The van der Waals surface area contributed by atoms with Crippen LogP contribution in [0.25, 0.3) is 10.9 Å². The minimum Gasteiger partial charge on any atom is -0.338 e. The number of rotatable bonds is 1. The summed E-state index contributed by atoms with van der Waals surface area (Å²) in [5, 5.41) is 0.946. The molecule has 1 aromatic carbocycles. The third-order valence-electron chi connectivity index (χ3n) is 4.16. The van der Waals surface area contributed by atoms with E-state index in [9.17, 15) is 4.79 Å². The summed E-state index contributed by atoms with van der Waals surface area (Å²) in [5.74, 6) is 0.611. The highest BCUT2D eigenvalue weighted by atomic mass is 79.9. The first-order valence-electron chi connectivity index (χ1n) is 7.36. The number of aryl methyl sites for hydroxylation is 1. The SMILES string of the molecule is Cc1cc(C(=O)N2CCC(Br)C(C)C2)c2ccccc2n1. The van der Waals surface area contributed by atoms with E-state index in [-0.39, 0.29) is 5.91 Å². The maximum absolute atomic E-state index is 12.9. The van der Waals surface area contributed by atoms with Gasteiger partial charge >= 0.3 is 0 Å². The molecule has 0 spiro atoms. The zero-order valence-corrected chi connectivity index (χ0v) is 13.9. The Balaban J connectivity index is 1.98. The van der Waals surface area contributed by atoms with Gasteiger partial charge in [-0.05, 0) is 31.4 Å². The number of aromatic nitrogens is 1. The van der Waals surface area contributed by atoms with E-state index in [1.807, 2.05) is 42.2 Å². The Hall–Kier alpha value is -1.42. The molecule has 2 heterocycles. The molecule has 2 unspecified atom stereocenters. The molecule has 1 saturated heterocycles. The third-order valence-corrected chi connectivity index (χ3v) is 5.52. The van der Waals surface area contributed by atoms with E-state index in [4.69, 9.17) is 0 Å². The van der Waals surface area contributed by atoms with E-state index in [1.165, 1.54) is 0 Å². The predicted octanol–water partition coefficient (Wildman–Crippen LogP) is 3.79. The summed E-state index contributed by atoms with van der Waals surface area (Å²) in [5.41, 5.74) is 2.56. The molecule has 2 atom stereocenters. The van der Waals surface area contributed by atoms with Crippen LogP contribution in [0.3, 0.4) is 0 Å². The van der Waals surface area contributed by atoms with Gasteiger partial charge in [-0.15, -0.1) is 0 Å². The number of halogens is 1. The standard InChI is InChI=1S/C17H19BrN2O/c1-11-10-20(8-7-15(11)18)17(21)14-9-12(2)19-16-6-4-3-5-13(14)16/h3-6,9,11,15H,7-8,10H2,1-2H3. The van der Waals surface area contributed by atoms with Crippen molar-refractivity contribution in [3.05, 3.63) is 41.6 Å². The van der Waals surface area contributed by atoms with Gasteiger partial charge in [0.25, 0.3) is 5.91 Å². The van der Waals surface area contributed by atoms with Crippen LogP contribution >= 0.6 is 15.9 Å². The molecule has 21 heavy (non-hydrogen) atoms. The molecule has 1 amide bonds. The monoisotopic (exact) mass is 346 g/mol. The van der Waals surface area contributed by atoms with Crippen LogP contribution < -0.4 is 0 Å². The van der Waals surface area contributed by atoms with Crippen molar-refractivity contribution in [2.24, 2.45) is 5.92 Å². The molecule has 0 radical (unpaired) electrons. The number of hydrogen-bond donors (Lipinski definition) is 0. The number of nitrogens with zero attached hydrogens (tertiary/aromatic N) is 2. The van der Waals surface area contributed by atoms with E-state index < -0.39 is 0 Å². The van der Waals surface area contributed by atoms with E-state index in [0.29, 0.717) is 10.7 Å². The zero-order chi connectivity index (χ0) is 15.0. The van der Waals surface area contributed by atoms with Crippen LogP contribution in [0, 0.1) is 12.8 Å². The number of carbonyl (C=O) groups excluding carboxylic acids is 1. The van der Waals surface area contributed by atoms with Gasteiger partial charge in [-0.25, -0.2) is 0 Å². The minimum atomic E-state index is 0.128. The van der Waals surface area contributed by atoms with Gasteiger partial charge in [0, 0.05) is 29.0 Å². The molecule has 0 aliphatic carbocycles. The Morgan fingerprint density at radius 1 is 1.38 bits per heavy atom. The van der Waals surface area contributed by atoms with Crippen LogP contribution in [0.2, 0.25) is 0 Å². The molecular formula is C17H19BrN2O. The lowest BCUT2D eigenvalue weighted by Gasteiger charge is -2.34. The van der Waals surface area contributed by atoms with Crippen molar-refractivity contribution in [2.45, 2.75) is 25.1 Å². The molecule has 1 fully saturated rings. The molecule has 1 aliphatic heterocycles. The van der Waals surface area contributed by atoms with Gasteiger partial charge < -0.3 is 4.90 Å². The van der Waals surface area contributed by atoms with E-state index in [2.05, 4.69) is 27.8 Å². The van der Waals surface area contributed by atoms with Gasteiger partial charge in [0.2, 0.25) is 0 Å². The predicted molar refractivity (Wildman–Crippen MR) is 88.9 cm³/mol. The van der Waals surface area contributed by atoms with Gasteiger partial charge in [-0.1, -0.05) is 41.1 Å². The third kappa shape index (κ3) is 2.82. The Labute approximate surface area is 133 Å². The molecule has 1 aliphatic rings. The smallest absolute Gasteiger partial charge is 0.254 e. The number of alkyl halides is 1. The number of para-hydroxylation sites is 1. The van der Waals surface area contributed by atoms with Crippen LogP contribution in [-0.4, -0.2) is 33.7 Å². The minimum absolute atomic E-state index is 0.128. The second kappa shape index (κ2) is 5.76. The number of fused-ring (bicyclic) bond motifs is 1. The second-order valence-electron chi connectivity index (χ2n) is 5.86. The second-order valence-corrected chi connectivity index (χ2v) is 7.04. The van der Waals surface area contributed by atoms with E-state index >= 15 is 0 Å². The Morgan fingerprint density at radius 3 is 2.90 bits per heavy atom. The van der Waals surface area contributed by atoms with Gasteiger partial charge in [0.1, 0.15) is 0 Å². The number of hydrogen-bond acceptors (Lipinski definition) is 2. The molecule has 3 rings (SSSR count). The number of amides is 1. The van der Waals surface area contributed by atoms with Crippen molar-refractivity contribution < 1.29 is 4.79 Å². The van der Waals surface area contributed by atoms with Crippen LogP contribution in [0.1, 0.15) is 29.4 Å².